The number of imide groups is 1. The minimum atomic E-state index is -1.23. The quantitative estimate of drug-likeness (QED) is 0.482. The number of carbonyl (C=O) groups is 3. The molecule has 1 fully saturated rings. The molecule has 2 aromatic rings. The first-order valence-corrected chi connectivity index (χ1v) is 9.76. The average molecular weight is 495 g/mol. The minimum Gasteiger partial charge on any atom is -0.489 e. The summed E-state index contributed by atoms with van der Waals surface area (Å²) in [7, 11) is 0. The highest BCUT2D eigenvalue weighted by molar-refractivity contribution is 14.1. The number of thioether (sulfide) groups is 1. The topological polar surface area (TPSA) is 83.9 Å². The molecule has 6 nitrogen and oxygen atoms in total. The number of ether oxygens (including phenoxy) is 1. The fraction of sp³-hybridized carbons (Fsp3) is 0.105. The third-order valence-corrected chi connectivity index (χ3v) is 5.29. The molecule has 0 atom stereocenters. The number of carboxylic acids is 1. The van der Waals surface area contributed by atoms with E-state index >= 15 is 0 Å². The van der Waals surface area contributed by atoms with Crippen molar-refractivity contribution < 1.29 is 24.2 Å². The number of benzene rings is 2. The molecule has 1 heterocycles. The zero-order valence-electron chi connectivity index (χ0n) is 13.9. The number of rotatable bonds is 6. The van der Waals surface area contributed by atoms with Crippen molar-refractivity contribution in [2.45, 2.75) is 6.61 Å². The third kappa shape index (κ3) is 5.10. The molecule has 2 aromatic carbocycles. The van der Waals surface area contributed by atoms with Gasteiger partial charge in [-0.2, -0.15) is 0 Å². The van der Waals surface area contributed by atoms with Crippen LogP contribution in [0.25, 0.3) is 6.08 Å². The third-order valence-electron chi connectivity index (χ3n) is 3.66. The Morgan fingerprint density at radius 3 is 2.41 bits per heavy atom. The van der Waals surface area contributed by atoms with Crippen LogP contribution in [0.1, 0.15) is 11.1 Å². The summed E-state index contributed by atoms with van der Waals surface area (Å²) in [4.78, 5) is 35.6. The van der Waals surface area contributed by atoms with Gasteiger partial charge in [0.05, 0.1) is 4.91 Å². The van der Waals surface area contributed by atoms with E-state index < -0.39 is 23.7 Å². The van der Waals surface area contributed by atoms with Crippen LogP contribution in [-0.4, -0.2) is 33.7 Å². The second-order valence-electron chi connectivity index (χ2n) is 5.65. The van der Waals surface area contributed by atoms with Gasteiger partial charge in [0.25, 0.3) is 11.1 Å². The minimum absolute atomic E-state index is 0.203. The monoisotopic (exact) mass is 495 g/mol. The van der Waals surface area contributed by atoms with Gasteiger partial charge >= 0.3 is 5.97 Å². The fourth-order valence-electron chi connectivity index (χ4n) is 2.33. The van der Waals surface area contributed by atoms with E-state index in [-0.39, 0.29) is 4.91 Å². The Labute approximate surface area is 173 Å². The SMILES string of the molecule is O=C(O)CN1C(=O)SC(=Cc2ccc(OCc3ccc(I)cc3)cc2)C1=O. The summed E-state index contributed by atoms with van der Waals surface area (Å²) < 4.78 is 6.89. The van der Waals surface area contributed by atoms with Crippen LogP contribution in [0.5, 0.6) is 5.75 Å². The lowest BCUT2D eigenvalue weighted by Crippen LogP contribution is -2.33. The first-order valence-electron chi connectivity index (χ1n) is 7.87. The second kappa shape index (κ2) is 8.57. The van der Waals surface area contributed by atoms with Crippen molar-refractivity contribution in [3.05, 3.63) is 68.1 Å². The first kappa shape index (κ1) is 19.4. The molecule has 0 unspecified atom stereocenters. The summed E-state index contributed by atoms with van der Waals surface area (Å²) in [5.41, 5.74) is 1.78. The molecular formula is C19H14INO5S. The molecule has 0 aromatic heterocycles. The standard InChI is InChI=1S/C19H14INO5S/c20-14-5-1-13(2-6-14)11-26-15-7-3-12(4-8-15)9-16-18(24)21(10-17(22)23)19(25)27-16/h1-9H,10-11H2,(H,22,23). The molecule has 0 saturated carbocycles. The van der Waals surface area contributed by atoms with Gasteiger partial charge < -0.3 is 9.84 Å². The Kier molecular flexibility index (Phi) is 6.17. The van der Waals surface area contributed by atoms with Crippen LogP contribution in [0.2, 0.25) is 0 Å². The molecule has 1 aliphatic rings. The van der Waals surface area contributed by atoms with E-state index in [1.807, 2.05) is 24.3 Å². The highest BCUT2D eigenvalue weighted by atomic mass is 127. The summed E-state index contributed by atoms with van der Waals surface area (Å²) in [6.45, 7) is -0.183. The number of nitrogens with zero attached hydrogens (tertiary/aromatic N) is 1. The van der Waals surface area contributed by atoms with Gasteiger partial charge in [-0.3, -0.25) is 19.3 Å². The maximum absolute atomic E-state index is 12.1. The van der Waals surface area contributed by atoms with Crippen molar-refractivity contribution in [2.75, 3.05) is 6.54 Å². The molecule has 27 heavy (non-hydrogen) atoms. The Morgan fingerprint density at radius 2 is 1.78 bits per heavy atom. The van der Waals surface area contributed by atoms with Crippen LogP contribution in [0, 0.1) is 3.57 Å². The van der Waals surface area contributed by atoms with E-state index in [0.29, 0.717) is 12.4 Å². The fourth-order valence-corrected chi connectivity index (χ4v) is 3.53. The molecule has 8 heteroatoms. The molecule has 0 radical (unpaired) electrons. The molecule has 0 bridgehead atoms. The largest absolute Gasteiger partial charge is 0.489 e. The maximum atomic E-state index is 12.1. The van der Waals surface area contributed by atoms with Gasteiger partial charge in [-0.05, 0) is 75.8 Å². The maximum Gasteiger partial charge on any atom is 0.323 e. The van der Waals surface area contributed by atoms with Crippen LogP contribution in [0.4, 0.5) is 4.79 Å². The zero-order valence-corrected chi connectivity index (χ0v) is 16.9. The lowest BCUT2D eigenvalue weighted by atomic mass is 10.2. The summed E-state index contributed by atoms with van der Waals surface area (Å²) in [5, 5.41) is 8.20. The Balaban J connectivity index is 1.64. The molecule has 3 rings (SSSR count). The van der Waals surface area contributed by atoms with Crippen molar-refractivity contribution in [1.82, 2.24) is 4.90 Å². The number of carbonyl (C=O) groups excluding carboxylic acids is 2. The van der Waals surface area contributed by atoms with Crippen molar-refractivity contribution in [3.63, 3.8) is 0 Å². The lowest BCUT2D eigenvalue weighted by molar-refractivity contribution is -0.140. The van der Waals surface area contributed by atoms with E-state index in [2.05, 4.69) is 22.6 Å². The molecule has 1 N–H and O–H groups in total. The predicted molar refractivity (Wildman–Crippen MR) is 110 cm³/mol. The van der Waals surface area contributed by atoms with Gasteiger partial charge in [-0.25, -0.2) is 0 Å². The predicted octanol–water partition coefficient (Wildman–Crippen LogP) is 3.99. The van der Waals surface area contributed by atoms with E-state index in [9.17, 15) is 14.4 Å². The van der Waals surface area contributed by atoms with Crippen LogP contribution in [0.15, 0.2) is 53.4 Å². The molecule has 0 spiro atoms. The number of carboxylic acid groups (broad SMARTS) is 1. The van der Waals surface area contributed by atoms with Crippen molar-refractivity contribution in [2.24, 2.45) is 0 Å². The number of halogens is 1. The highest BCUT2D eigenvalue weighted by Gasteiger charge is 2.36. The van der Waals surface area contributed by atoms with E-state index in [1.165, 1.54) is 0 Å². The molecular weight excluding hydrogens is 481 g/mol. The highest BCUT2D eigenvalue weighted by Crippen LogP contribution is 2.32. The van der Waals surface area contributed by atoms with Gasteiger partial charge in [0.15, 0.2) is 0 Å². The Hall–Kier alpha value is -2.33. The zero-order chi connectivity index (χ0) is 19.4. The van der Waals surface area contributed by atoms with E-state index in [1.54, 1.807) is 30.3 Å². The molecule has 2 amide bonds. The van der Waals surface area contributed by atoms with E-state index in [4.69, 9.17) is 9.84 Å². The molecule has 1 aliphatic heterocycles. The summed E-state index contributed by atoms with van der Waals surface area (Å²) in [6, 6.07) is 15.1. The summed E-state index contributed by atoms with van der Waals surface area (Å²) >= 11 is 2.98. The smallest absolute Gasteiger partial charge is 0.323 e. The van der Waals surface area contributed by atoms with Crippen LogP contribution in [0.3, 0.4) is 0 Å². The molecule has 0 aliphatic carbocycles. The summed E-state index contributed by atoms with van der Waals surface area (Å²) in [5.74, 6) is -1.13. The Morgan fingerprint density at radius 1 is 1.11 bits per heavy atom. The van der Waals surface area contributed by atoms with Gasteiger partial charge in [0.2, 0.25) is 0 Å². The second-order valence-corrected chi connectivity index (χ2v) is 7.88. The molecule has 138 valence electrons. The Bertz CT molecular complexity index is 909. The van der Waals surface area contributed by atoms with Crippen molar-refractivity contribution in [1.29, 1.82) is 0 Å². The van der Waals surface area contributed by atoms with Gasteiger partial charge in [-0.15, -0.1) is 0 Å². The normalized spacial score (nSPS) is 15.4. The lowest BCUT2D eigenvalue weighted by Gasteiger charge is -2.08. The first-order chi connectivity index (χ1) is 12.9. The van der Waals surface area contributed by atoms with Crippen molar-refractivity contribution in [3.8, 4) is 5.75 Å². The van der Waals surface area contributed by atoms with Gasteiger partial charge in [-0.1, -0.05) is 24.3 Å². The van der Waals surface area contributed by atoms with Crippen LogP contribution >= 0.6 is 34.4 Å². The average Bonchev–Trinajstić information content (AvgIpc) is 2.89. The summed E-state index contributed by atoms with van der Waals surface area (Å²) in [6.07, 6.45) is 1.57. The van der Waals surface area contributed by atoms with Crippen molar-refractivity contribution >= 4 is 57.5 Å². The number of amides is 2. The van der Waals surface area contributed by atoms with Gasteiger partial charge in [0.1, 0.15) is 18.9 Å². The van der Waals surface area contributed by atoms with E-state index in [0.717, 1.165) is 31.4 Å². The van der Waals surface area contributed by atoms with Crippen LogP contribution < -0.4 is 4.74 Å². The number of hydrogen-bond donors (Lipinski definition) is 1. The number of hydrogen-bond acceptors (Lipinski definition) is 5. The number of aliphatic carboxylic acids is 1. The van der Waals surface area contributed by atoms with Gasteiger partial charge in [0, 0.05) is 3.57 Å². The molecule has 1 saturated heterocycles. The van der Waals surface area contributed by atoms with Crippen LogP contribution in [-0.2, 0) is 16.2 Å².